The topological polar surface area (TPSA) is 24.4 Å². The Morgan fingerprint density at radius 1 is 1.36 bits per heavy atom. The van der Waals surface area contributed by atoms with Gasteiger partial charge in [0.2, 0.25) is 0 Å². The predicted octanol–water partition coefficient (Wildman–Crippen LogP) is 1.41. The number of hydrogen-bond acceptors (Lipinski definition) is 2. The average molecular weight is 145 g/mol. The first-order valence-electron chi connectivity index (χ1n) is 3.72. The molecule has 0 amide bonds. The van der Waals surface area contributed by atoms with Gasteiger partial charge in [0.1, 0.15) is 0 Å². The Kier molecular flexibility index (Phi) is 1.60. The van der Waals surface area contributed by atoms with Crippen molar-refractivity contribution in [3.63, 3.8) is 0 Å². The molecular weight excluding hydrogens is 136 g/mol. The minimum absolute atomic E-state index is 0.814. The van der Waals surface area contributed by atoms with Crippen molar-refractivity contribution in [1.82, 2.24) is 0 Å². The molecule has 0 spiro atoms. The van der Waals surface area contributed by atoms with Crippen LogP contribution in [0.3, 0.4) is 0 Å². The Balaban J connectivity index is 2.45. The third-order valence-corrected chi connectivity index (χ3v) is 1.67. The van der Waals surface area contributed by atoms with Gasteiger partial charge in [-0.15, -0.1) is 0 Å². The molecule has 0 aromatic heterocycles. The number of anilines is 1. The molecule has 0 saturated carbocycles. The van der Waals surface area contributed by atoms with Crippen LogP contribution in [0.1, 0.15) is 5.56 Å². The van der Waals surface area contributed by atoms with Gasteiger partial charge < -0.3 is 5.32 Å². The van der Waals surface area contributed by atoms with E-state index >= 15 is 0 Å². The van der Waals surface area contributed by atoms with Crippen LogP contribution in [0.2, 0.25) is 0 Å². The molecule has 1 aliphatic rings. The number of para-hydroxylation sites is 1. The molecule has 0 atom stereocenters. The van der Waals surface area contributed by atoms with E-state index < -0.39 is 0 Å². The van der Waals surface area contributed by atoms with Gasteiger partial charge in [-0.05, 0) is 6.07 Å². The maximum Gasteiger partial charge on any atom is 0.0927 e. The van der Waals surface area contributed by atoms with Crippen molar-refractivity contribution in [2.24, 2.45) is 4.99 Å². The summed E-state index contributed by atoms with van der Waals surface area (Å²) in [6.45, 7) is 1.72. The van der Waals surface area contributed by atoms with Crippen LogP contribution in [0, 0.1) is 0 Å². The van der Waals surface area contributed by atoms with Crippen molar-refractivity contribution in [3.8, 4) is 0 Å². The Morgan fingerprint density at radius 2 is 2.27 bits per heavy atom. The number of hydrogen-bond donors (Lipinski definition) is 1. The molecule has 2 rings (SSSR count). The highest BCUT2D eigenvalue weighted by Crippen LogP contribution is 2.13. The predicted molar refractivity (Wildman–Crippen MR) is 46.3 cm³/mol. The monoisotopic (exact) mass is 145 g/mol. The first-order valence-corrected chi connectivity index (χ1v) is 3.72. The molecule has 0 bridgehead atoms. The number of fused-ring (bicyclic) bond motifs is 1. The molecule has 1 aromatic rings. The molecule has 2 heteroatoms. The Labute approximate surface area is 66.0 Å². The van der Waals surface area contributed by atoms with Gasteiger partial charge in [-0.3, -0.25) is 4.99 Å². The van der Waals surface area contributed by atoms with Gasteiger partial charge in [0.25, 0.3) is 0 Å². The molecular formula is C9H9N2. The van der Waals surface area contributed by atoms with Crippen LogP contribution in [-0.2, 0) is 0 Å². The van der Waals surface area contributed by atoms with E-state index in [1.165, 1.54) is 0 Å². The van der Waals surface area contributed by atoms with Gasteiger partial charge in [-0.1, -0.05) is 18.2 Å². The molecule has 1 N–H and O–H groups in total. The third-order valence-electron chi connectivity index (χ3n) is 1.67. The largest absolute Gasteiger partial charge is 0.383 e. The highest BCUT2D eigenvalue weighted by molar-refractivity contribution is 5.88. The lowest BCUT2D eigenvalue weighted by molar-refractivity contribution is 1.04. The van der Waals surface area contributed by atoms with Crippen molar-refractivity contribution >= 4 is 11.9 Å². The summed E-state index contributed by atoms with van der Waals surface area (Å²) in [5.74, 6) is 0. The second-order valence-electron chi connectivity index (χ2n) is 2.47. The molecule has 0 aliphatic carbocycles. The van der Waals surface area contributed by atoms with E-state index in [1.54, 1.807) is 0 Å². The normalized spacial score (nSPS) is 14.9. The van der Waals surface area contributed by atoms with Gasteiger partial charge in [0.15, 0.2) is 0 Å². The zero-order valence-corrected chi connectivity index (χ0v) is 6.17. The number of benzodiazepines with no additional fused rings is 1. The molecule has 55 valence electrons. The molecule has 1 aliphatic heterocycles. The summed E-state index contributed by atoms with van der Waals surface area (Å²) in [4.78, 5) is 4.10. The highest BCUT2D eigenvalue weighted by atomic mass is 14.9. The Bertz CT molecular complexity index is 279. The summed E-state index contributed by atoms with van der Waals surface area (Å²) < 4.78 is 0. The maximum atomic E-state index is 4.10. The Hall–Kier alpha value is -1.31. The standard InChI is InChI=1S/C9H9N2/c1-2-4-9-8(3-1)7-10-5-6-11-9/h1-4,11H,5-6H2. The minimum Gasteiger partial charge on any atom is -0.383 e. The molecule has 0 fully saturated rings. The van der Waals surface area contributed by atoms with Crippen LogP contribution in [0.15, 0.2) is 29.3 Å². The van der Waals surface area contributed by atoms with Crippen molar-refractivity contribution in [2.75, 3.05) is 18.4 Å². The summed E-state index contributed by atoms with van der Waals surface area (Å²) >= 11 is 0. The van der Waals surface area contributed by atoms with Crippen molar-refractivity contribution < 1.29 is 0 Å². The maximum absolute atomic E-state index is 4.10. The van der Waals surface area contributed by atoms with Gasteiger partial charge in [-0.2, -0.15) is 0 Å². The smallest absolute Gasteiger partial charge is 0.0927 e. The van der Waals surface area contributed by atoms with Gasteiger partial charge in [0, 0.05) is 17.8 Å². The average Bonchev–Trinajstić information content (AvgIpc) is 2.28. The van der Waals surface area contributed by atoms with Crippen molar-refractivity contribution in [3.05, 3.63) is 29.8 Å². The summed E-state index contributed by atoms with van der Waals surface area (Å²) in [7, 11) is 0. The van der Waals surface area contributed by atoms with Crippen LogP contribution >= 0.6 is 0 Å². The lowest BCUT2D eigenvalue weighted by atomic mass is 10.2. The second kappa shape index (κ2) is 2.74. The lowest BCUT2D eigenvalue weighted by Gasteiger charge is -2.02. The van der Waals surface area contributed by atoms with Gasteiger partial charge in [0.05, 0.1) is 12.8 Å². The summed E-state index contributed by atoms with van der Waals surface area (Å²) in [6, 6.07) is 8.06. The number of nitrogens with one attached hydrogen (secondary N) is 1. The molecule has 1 heterocycles. The first kappa shape index (κ1) is 6.40. The fourth-order valence-corrected chi connectivity index (χ4v) is 1.12. The minimum atomic E-state index is 0.814. The second-order valence-corrected chi connectivity index (χ2v) is 2.47. The van der Waals surface area contributed by atoms with Gasteiger partial charge >= 0.3 is 0 Å². The third kappa shape index (κ3) is 1.24. The molecule has 11 heavy (non-hydrogen) atoms. The van der Waals surface area contributed by atoms with E-state index in [0.717, 1.165) is 24.3 Å². The Morgan fingerprint density at radius 3 is 3.27 bits per heavy atom. The van der Waals surface area contributed by atoms with Crippen LogP contribution in [0.25, 0.3) is 0 Å². The summed E-state index contributed by atoms with van der Waals surface area (Å²) in [5, 5.41) is 3.27. The fraction of sp³-hybridized carbons (Fsp3) is 0.222. The van der Waals surface area contributed by atoms with E-state index in [4.69, 9.17) is 0 Å². The summed E-state index contributed by atoms with van der Waals surface area (Å²) in [5.41, 5.74) is 2.19. The number of nitrogens with zero attached hydrogens (tertiary/aromatic N) is 1. The zero-order valence-electron chi connectivity index (χ0n) is 6.17. The summed E-state index contributed by atoms with van der Waals surface area (Å²) in [6.07, 6.45) is 2.99. The SMILES string of the molecule is [C]1=NCCNc2ccccc21. The van der Waals surface area contributed by atoms with Gasteiger partial charge in [-0.25, -0.2) is 0 Å². The van der Waals surface area contributed by atoms with E-state index in [9.17, 15) is 0 Å². The number of aliphatic imine (C=N–C) groups is 1. The molecule has 1 aromatic carbocycles. The number of rotatable bonds is 0. The van der Waals surface area contributed by atoms with Crippen LogP contribution in [0.5, 0.6) is 0 Å². The van der Waals surface area contributed by atoms with E-state index in [1.807, 2.05) is 24.3 Å². The molecule has 0 saturated heterocycles. The molecule has 0 unspecified atom stereocenters. The van der Waals surface area contributed by atoms with E-state index in [-0.39, 0.29) is 0 Å². The lowest BCUT2D eigenvalue weighted by Crippen LogP contribution is -2.02. The van der Waals surface area contributed by atoms with Crippen molar-refractivity contribution in [1.29, 1.82) is 0 Å². The van der Waals surface area contributed by atoms with E-state index in [2.05, 4.69) is 16.5 Å². The van der Waals surface area contributed by atoms with Crippen LogP contribution in [-0.4, -0.2) is 19.3 Å². The molecule has 1 radical (unpaired) electrons. The fourth-order valence-electron chi connectivity index (χ4n) is 1.12. The van der Waals surface area contributed by atoms with Crippen LogP contribution in [0.4, 0.5) is 5.69 Å². The van der Waals surface area contributed by atoms with E-state index in [0.29, 0.717) is 0 Å². The number of benzene rings is 1. The van der Waals surface area contributed by atoms with Crippen LogP contribution < -0.4 is 5.32 Å². The quantitative estimate of drug-likeness (QED) is 0.586. The first-order chi connectivity index (χ1) is 5.47. The zero-order chi connectivity index (χ0) is 7.52. The van der Waals surface area contributed by atoms with Crippen molar-refractivity contribution in [2.45, 2.75) is 0 Å². The highest BCUT2D eigenvalue weighted by Gasteiger charge is 2.00. The molecule has 2 nitrogen and oxygen atoms in total.